The third-order valence-corrected chi connectivity index (χ3v) is 4.24. The van der Waals surface area contributed by atoms with Crippen LogP contribution in [0.4, 0.5) is 0 Å². The van der Waals surface area contributed by atoms with Gasteiger partial charge in [-0.2, -0.15) is 5.10 Å². The van der Waals surface area contributed by atoms with E-state index in [1.54, 1.807) is 24.1 Å². The lowest BCUT2D eigenvalue weighted by molar-refractivity contribution is 0.475. The molecule has 3 rings (SSSR count). The van der Waals surface area contributed by atoms with Gasteiger partial charge in [0.2, 0.25) is 0 Å². The highest BCUT2D eigenvalue weighted by Crippen LogP contribution is 2.10. The van der Waals surface area contributed by atoms with Crippen molar-refractivity contribution in [1.29, 1.82) is 0 Å². The average molecular weight is 476 g/mol. The minimum Gasteiger partial charge on any atom is -0.352 e. The van der Waals surface area contributed by atoms with E-state index in [9.17, 15) is 0 Å². The Labute approximate surface area is 177 Å². The molecular weight excluding hydrogens is 451 g/mol. The molecule has 0 radical (unpaired) electrons. The van der Waals surface area contributed by atoms with Crippen molar-refractivity contribution >= 4 is 29.9 Å². The number of aromatic nitrogens is 3. The molecule has 2 heterocycles. The van der Waals surface area contributed by atoms with Crippen LogP contribution in [-0.4, -0.2) is 39.7 Å². The first-order valence-electron chi connectivity index (χ1n) is 8.58. The molecule has 0 unspecified atom stereocenters. The normalized spacial score (nSPS) is 11.0. The van der Waals surface area contributed by atoms with E-state index in [2.05, 4.69) is 56.5 Å². The average Bonchev–Trinajstić information content (AvgIpc) is 3.19. The molecule has 0 aliphatic heterocycles. The molecule has 1 aromatic carbocycles. The maximum Gasteiger partial charge on any atom is 0.193 e. The van der Waals surface area contributed by atoms with Crippen LogP contribution >= 0.6 is 24.0 Å². The largest absolute Gasteiger partial charge is 0.352 e. The van der Waals surface area contributed by atoms with E-state index in [-0.39, 0.29) is 24.0 Å². The molecular formula is C20H25IN6. The zero-order valence-electron chi connectivity index (χ0n) is 15.8. The van der Waals surface area contributed by atoms with Crippen molar-refractivity contribution in [2.45, 2.75) is 20.0 Å². The van der Waals surface area contributed by atoms with Gasteiger partial charge in [-0.25, -0.2) is 9.67 Å². The van der Waals surface area contributed by atoms with Crippen LogP contribution < -0.4 is 5.32 Å². The fraction of sp³-hybridized carbons (Fsp3) is 0.250. The van der Waals surface area contributed by atoms with Gasteiger partial charge in [0.05, 0.1) is 0 Å². The van der Waals surface area contributed by atoms with E-state index in [0.29, 0.717) is 6.54 Å². The number of rotatable bonds is 5. The van der Waals surface area contributed by atoms with Crippen LogP contribution in [-0.2, 0) is 13.1 Å². The summed E-state index contributed by atoms with van der Waals surface area (Å²) in [7, 11) is 3.85. The van der Waals surface area contributed by atoms with Gasteiger partial charge in [-0.05, 0) is 41.8 Å². The summed E-state index contributed by atoms with van der Waals surface area (Å²) in [4.78, 5) is 10.9. The van der Waals surface area contributed by atoms with Gasteiger partial charge < -0.3 is 10.2 Å². The lowest BCUT2D eigenvalue weighted by Gasteiger charge is -2.23. The Hall–Kier alpha value is -2.42. The van der Waals surface area contributed by atoms with Crippen molar-refractivity contribution in [3.63, 3.8) is 0 Å². The number of hydrogen-bond acceptors (Lipinski definition) is 3. The van der Waals surface area contributed by atoms with E-state index >= 15 is 0 Å². The number of nitrogens with one attached hydrogen (secondary N) is 1. The summed E-state index contributed by atoms with van der Waals surface area (Å²) in [5.74, 6) is 1.66. The molecule has 0 bridgehead atoms. The van der Waals surface area contributed by atoms with Gasteiger partial charge >= 0.3 is 0 Å². The Morgan fingerprint density at radius 3 is 2.70 bits per heavy atom. The number of benzene rings is 1. The second-order valence-corrected chi connectivity index (χ2v) is 6.16. The van der Waals surface area contributed by atoms with E-state index in [1.165, 1.54) is 11.1 Å². The Kier molecular flexibility index (Phi) is 7.78. The number of hydrogen-bond donors (Lipinski definition) is 1. The summed E-state index contributed by atoms with van der Waals surface area (Å²) in [6.45, 7) is 3.61. The van der Waals surface area contributed by atoms with Gasteiger partial charge in [-0.1, -0.05) is 24.3 Å². The van der Waals surface area contributed by atoms with Gasteiger partial charge in [0.1, 0.15) is 0 Å². The Bertz CT molecular complexity index is 876. The third-order valence-electron chi connectivity index (χ3n) is 4.24. The molecule has 0 saturated carbocycles. The van der Waals surface area contributed by atoms with Crippen LogP contribution in [0.5, 0.6) is 0 Å². The molecule has 142 valence electrons. The minimum absolute atomic E-state index is 0. The molecule has 0 aliphatic rings. The summed E-state index contributed by atoms with van der Waals surface area (Å²) in [6, 6.07) is 14.3. The van der Waals surface area contributed by atoms with Crippen LogP contribution in [0.15, 0.2) is 66.0 Å². The second-order valence-electron chi connectivity index (χ2n) is 6.16. The van der Waals surface area contributed by atoms with Crippen LogP contribution in [0.1, 0.15) is 16.7 Å². The lowest BCUT2D eigenvalue weighted by atomic mass is 10.1. The maximum atomic E-state index is 4.40. The highest BCUT2D eigenvalue weighted by Gasteiger charge is 2.08. The quantitative estimate of drug-likeness (QED) is 0.349. The number of nitrogens with zero attached hydrogens (tertiary/aromatic N) is 5. The molecule has 2 aromatic heterocycles. The predicted molar refractivity (Wildman–Crippen MR) is 120 cm³/mol. The van der Waals surface area contributed by atoms with Gasteiger partial charge in [0, 0.05) is 45.8 Å². The topological polar surface area (TPSA) is 58.3 Å². The van der Waals surface area contributed by atoms with E-state index in [0.717, 1.165) is 23.9 Å². The van der Waals surface area contributed by atoms with Crippen molar-refractivity contribution in [3.05, 3.63) is 77.7 Å². The monoisotopic (exact) mass is 476 g/mol. The van der Waals surface area contributed by atoms with Crippen LogP contribution in [0.2, 0.25) is 0 Å². The fourth-order valence-corrected chi connectivity index (χ4v) is 2.78. The summed E-state index contributed by atoms with van der Waals surface area (Å²) in [5, 5.41) is 7.64. The third kappa shape index (κ3) is 5.53. The lowest BCUT2D eigenvalue weighted by Crippen LogP contribution is -2.38. The van der Waals surface area contributed by atoms with E-state index in [4.69, 9.17) is 0 Å². The standard InChI is InChI=1S/C20H24N6.HI/c1-16-7-4-5-8-18(16)15-25(3)20(21-2)23-14-17-9-11-22-19(13-17)26-12-6-10-24-26;/h4-13H,14-15H2,1-3H3,(H,21,23);1H. The van der Waals surface area contributed by atoms with Crippen molar-refractivity contribution in [3.8, 4) is 5.82 Å². The fourth-order valence-electron chi connectivity index (χ4n) is 2.78. The first-order valence-corrected chi connectivity index (χ1v) is 8.58. The van der Waals surface area contributed by atoms with Crippen LogP contribution in [0.25, 0.3) is 5.82 Å². The predicted octanol–water partition coefficient (Wildman–Crippen LogP) is 3.40. The molecule has 0 fully saturated rings. The zero-order valence-corrected chi connectivity index (χ0v) is 18.2. The summed E-state index contributed by atoms with van der Waals surface area (Å²) in [6.07, 6.45) is 5.43. The Morgan fingerprint density at radius 1 is 1.19 bits per heavy atom. The molecule has 7 heteroatoms. The molecule has 1 N–H and O–H groups in total. The molecule has 0 spiro atoms. The molecule has 0 aliphatic carbocycles. The summed E-state index contributed by atoms with van der Waals surface area (Å²) < 4.78 is 1.75. The van der Waals surface area contributed by atoms with Gasteiger partial charge in [0.15, 0.2) is 11.8 Å². The number of aryl methyl sites for hydroxylation is 1. The highest BCUT2D eigenvalue weighted by molar-refractivity contribution is 14.0. The van der Waals surface area contributed by atoms with Gasteiger partial charge in [-0.3, -0.25) is 4.99 Å². The van der Waals surface area contributed by atoms with Crippen molar-refractivity contribution < 1.29 is 0 Å². The van der Waals surface area contributed by atoms with Crippen molar-refractivity contribution in [2.24, 2.45) is 4.99 Å². The molecule has 3 aromatic rings. The van der Waals surface area contributed by atoms with Crippen molar-refractivity contribution in [2.75, 3.05) is 14.1 Å². The Balaban J connectivity index is 0.00000261. The first-order chi connectivity index (χ1) is 12.7. The molecule has 0 amide bonds. The molecule has 27 heavy (non-hydrogen) atoms. The summed E-state index contributed by atoms with van der Waals surface area (Å²) >= 11 is 0. The zero-order chi connectivity index (χ0) is 18.4. The second kappa shape index (κ2) is 10.1. The van der Waals surface area contributed by atoms with E-state index in [1.807, 2.05) is 31.4 Å². The number of pyridine rings is 1. The number of guanidine groups is 1. The van der Waals surface area contributed by atoms with E-state index < -0.39 is 0 Å². The highest BCUT2D eigenvalue weighted by atomic mass is 127. The Morgan fingerprint density at radius 2 is 2.00 bits per heavy atom. The minimum atomic E-state index is 0. The van der Waals surface area contributed by atoms with Gasteiger partial charge in [-0.15, -0.1) is 24.0 Å². The SMILES string of the molecule is CN=C(NCc1ccnc(-n2cccn2)c1)N(C)Cc1ccccc1C.I. The van der Waals surface area contributed by atoms with Crippen molar-refractivity contribution in [1.82, 2.24) is 25.0 Å². The summed E-state index contributed by atoms with van der Waals surface area (Å²) in [5.41, 5.74) is 3.70. The molecule has 6 nitrogen and oxygen atoms in total. The maximum absolute atomic E-state index is 4.40. The van der Waals surface area contributed by atoms with Crippen LogP contribution in [0.3, 0.4) is 0 Å². The molecule has 0 atom stereocenters. The number of aliphatic imine (C=N–C) groups is 1. The van der Waals surface area contributed by atoms with Gasteiger partial charge in [0.25, 0.3) is 0 Å². The number of halogens is 1. The smallest absolute Gasteiger partial charge is 0.193 e. The molecule has 0 saturated heterocycles. The first kappa shape index (κ1) is 20.9. The van der Waals surface area contributed by atoms with Crippen LogP contribution in [0, 0.1) is 6.92 Å².